The number of carboxylic acid groups (broad SMARTS) is 1. The first-order valence-corrected chi connectivity index (χ1v) is 6.39. The van der Waals surface area contributed by atoms with Crippen molar-refractivity contribution in [2.24, 2.45) is 0 Å². The number of hydrogen-bond acceptors (Lipinski definition) is 3. The summed E-state index contributed by atoms with van der Waals surface area (Å²) in [7, 11) is 0. The van der Waals surface area contributed by atoms with Crippen molar-refractivity contribution in [2.75, 3.05) is 0 Å². The zero-order chi connectivity index (χ0) is 12.3. The molecule has 5 heteroatoms. The Kier molecular flexibility index (Phi) is 3.71. The van der Waals surface area contributed by atoms with Gasteiger partial charge in [-0.15, -0.1) is 11.3 Å². The summed E-state index contributed by atoms with van der Waals surface area (Å²) in [5.41, 5.74) is 1.04. The molecule has 0 saturated heterocycles. The number of nitrogens with zero attached hydrogens (tertiary/aromatic N) is 1. The monoisotopic (exact) mass is 309 g/mol. The van der Waals surface area contributed by atoms with Gasteiger partial charge in [-0.25, -0.2) is 9.78 Å². The fourth-order valence-electron chi connectivity index (χ4n) is 1.20. The van der Waals surface area contributed by atoms with E-state index < -0.39 is 5.97 Å². The van der Waals surface area contributed by atoms with Gasteiger partial charge in [0.15, 0.2) is 0 Å². The van der Waals surface area contributed by atoms with E-state index in [9.17, 15) is 4.79 Å². The minimum absolute atomic E-state index is 0.250. The predicted octanol–water partition coefficient (Wildman–Crippen LogP) is 3.77. The molecule has 1 N–H and O–H groups in total. The fraction of sp³-hybridized carbons (Fsp3) is 0. The van der Waals surface area contributed by atoms with Gasteiger partial charge in [0.25, 0.3) is 0 Å². The third-order valence-electron chi connectivity index (χ3n) is 2.02. The lowest BCUT2D eigenvalue weighted by atomic mass is 10.2. The second-order valence-electron chi connectivity index (χ2n) is 3.25. The molecule has 1 aromatic heterocycles. The molecule has 0 amide bonds. The van der Waals surface area contributed by atoms with Gasteiger partial charge in [0.1, 0.15) is 9.88 Å². The van der Waals surface area contributed by atoms with Crippen LogP contribution in [0.25, 0.3) is 12.2 Å². The Morgan fingerprint density at radius 1 is 1.29 bits per heavy atom. The first-order chi connectivity index (χ1) is 8.15. The van der Waals surface area contributed by atoms with Crippen molar-refractivity contribution in [2.45, 2.75) is 0 Å². The van der Waals surface area contributed by atoms with Crippen LogP contribution < -0.4 is 0 Å². The standard InChI is InChI=1S/C12H8BrNO2S/c13-9-4-1-8(2-5-9)3-6-11-14-7-10(17-11)12(15)16/h1-7H,(H,15,16)/b6-3+. The normalized spacial score (nSPS) is 10.9. The Balaban J connectivity index is 2.14. The highest BCUT2D eigenvalue weighted by atomic mass is 79.9. The maximum absolute atomic E-state index is 10.7. The Morgan fingerprint density at radius 2 is 2.00 bits per heavy atom. The summed E-state index contributed by atoms with van der Waals surface area (Å²) >= 11 is 4.52. The summed E-state index contributed by atoms with van der Waals surface area (Å²) in [5, 5.41) is 9.44. The minimum atomic E-state index is -0.939. The number of carboxylic acids is 1. The van der Waals surface area contributed by atoms with Gasteiger partial charge in [0.2, 0.25) is 0 Å². The highest BCUT2D eigenvalue weighted by Crippen LogP contribution is 2.17. The van der Waals surface area contributed by atoms with E-state index in [1.54, 1.807) is 6.08 Å². The average Bonchev–Trinajstić information content (AvgIpc) is 2.77. The van der Waals surface area contributed by atoms with Crippen LogP contribution in [-0.4, -0.2) is 16.1 Å². The van der Waals surface area contributed by atoms with E-state index in [1.165, 1.54) is 6.20 Å². The van der Waals surface area contributed by atoms with Gasteiger partial charge in [-0.3, -0.25) is 0 Å². The summed E-state index contributed by atoms with van der Waals surface area (Å²) in [6.07, 6.45) is 5.07. The Labute approximate surface area is 111 Å². The van der Waals surface area contributed by atoms with Gasteiger partial charge >= 0.3 is 5.97 Å². The molecule has 0 bridgehead atoms. The largest absolute Gasteiger partial charge is 0.477 e. The highest BCUT2D eigenvalue weighted by Gasteiger charge is 2.05. The molecular weight excluding hydrogens is 302 g/mol. The quantitative estimate of drug-likeness (QED) is 0.938. The second kappa shape index (κ2) is 5.25. The molecule has 0 unspecified atom stereocenters. The molecule has 0 aliphatic heterocycles. The van der Waals surface area contributed by atoms with Gasteiger partial charge in [-0.1, -0.05) is 34.1 Å². The molecule has 0 atom stereocenters. The zero-order valence-electron chi connectivity index (χ0n) is 8.63. The van der Waals surface area contributed by atoms with Crippen LogP contribution in [0.3, 0.4) is 0 Å². The Bertz CT molecular complexity index is 560. The third kappa shape index (κ3) is 3.25. The SMILES string of the molecule is O=C(O)c1cnc(/C=C/c2ccc(Br)cc2)s1. The van der Waals surface area contributed by atoms with Crippen molar-refractivity contribution in [3.8, 4) is 0 Å². The molecule has 0 spiro atoms. The highest BCUT2D eigenvalue weighted by molar-refractivity contribution is 9.10. The summed E-state index contributed by atoms with van der Waals surface area (Å²) in [6, 6.07) is 7.83. The zero-order valence-corrected chi connectivity index (χ0v) is 11.0. The Morgan fingerprint density at radius 3 is 2.59 bits per heavy atom. The lowest BCUT2D eigenvalue weighted by Gasteiger charge is -1.92. The Hall–Kier alpha value is -1.46. The smallest absolute Gasteiger partial charge is 0.347 e. The summed E-state index contributed by atoms with van der Waals surface area (Å²) in [4.78, 5) is 14.9. The van der Waals surface area contributed by atoms with E-state index in [1.807, 2.05) is 30.3 Å². The summed E-state index contributed by atoms with van der Waals surface area (Å²) in [5.74, 6) is -0.939. The van der Waals surface area contributed by atoms with E-state index in [-0.39, 0.29) is 4.88 Å². The topological polar surface area (TPSA) is 50.2 Å². The molecule has 0 radical (unpaired) electrons. The number of halogens is 1. The number of thiazole rings is 1. The molecule has 1 heterocycles. The molecule has 86 valence electrons. The molecule has 0 fully saturated rings. The number of benzene rings is 1. The predicted molar refractivity (Wildman–Crippen MR) is 72.1 cm³/mol. The van der Waals surface area contributed by atoms with Crippen LogP contribution in [0.15, 0.2) is 34.9 Å². The lowest BCUT2D eigenvalue weighted by Crippen LogP contribution is -1.89. The lowest BCUT2D eigenvalue weighted by molar-refractivity contribution is 0.0702. The maximum Gasteiger partial charge on any atom is 0.347 e. The molecule has 2 rings (SSSR count). The minimum Gasteiger partial charge on any atom is -0.477 e. The van der Waals surface area contributed by atoms with Crippen LogP contribution in [0.5, 0.6) is 0 Å². The van der Waals surface area contributed by atoms with Gasteiger partial charge in [0.05, 0.1) is 6.20 Å². The maximum atomic E-state index is 10.7. The van der Waals surface area contributed by atoms with Gasteiger partial charge in [-0.05, 0) is 23.8 Å². The van der Waals surface area contributed by atoms with Crippen LogP contribution >= 0.6 is 27.3 Å². The van der Waals surface area contributed by atoms with Gasteiger partial charge in [-0.2, -0.15) is 0 Å². The third-order valence-corrected chi connectivity index (χ3v) is 3.50. The summed E-state index contributed by atoms with van der Waals surface area (Å²) in [6.45, 7) is 0. The van der Waals surface area contributed by atoms with Gasteiger partial charge < -0.3 is 5.11 Å². The molecule has 0 aliphatic rings. The van der Waals surface area contributed by atoms with Crippen LogP contribution in [0.4, 0.5) is 0 Å². The number of aromatic nitrogens is 1. The number of hydrogen-bond donors (Lipinski definition) is 1. The molecule has 1 aromatic carbocycles. The number of aromatic carboxylic acids is 1. The van der Waals surface area contributed by atoms with Crippen molar-refractivity contribution in [1.82, 2.24) is 4.98 Å². The van der Waals surface area contributed by atoms with Crippen molar-refractivity contribution in [1.29, 1.82) is 0 Å². The van der Waals surface area contributed by atoms with Crippen molar-refractivity contribution in [3.63, 3.8) is 0 Å². The molecule has 2 aromatic rings. The van der Waals surface area contributed by atoms with E-state index in [0.717, 1.165) is 21.4 Å². The van der Waals surface area contributed by atoms with E-state index >= 15 is 0 Å². The van der Waals surface area contributed by atoms with E-state index in [4.69, 9.17) is 5.11 Å². The van der Waals surface area contributed by atoms with Gasteiger partial charge in [0, 0.05) is 4.47 Å². The molecule has 0 saturated carbocycles. The van der Waals surface area contributed by atoms with Crippen molar-refractivity contribution in [3.05, 3.63) is 50.4 Å². The first kappa shape index (κ1) is 12.0. The van der Waals surface area contributed by atoms with Crippen molar-refractivity contribution >= 4 is 45.4 Å². The number of rotatable bonds is 3. The van der Waals surface area contributed by atoms with Crippen molar-refractivity contribution < 1.29 is 9.90 Å². The number of carbonyl (C=O) groups is 1. The van der Waals surface area contributed by atoms with Crippen LogP contribution in [0.2, 0.25) is 0 Å². The fourth-order valence-corrected chi connectivity index (χ4v) is 2.13. The molecule has 3 nitrogen and oxygen atoms in total. The van der Waals surface area contributed by atoms with E-state index in [2.05, 4.69) is 20.9 Å². The average molecular weight is 310 g/mol. The molecular formula is C12H8BrNO2S. The van der Waals surface area contributed by atoms with Crippen LogP contribution in [0, 0.1) is 0 Å². The van der Waals surface area contributed by atoms with E-state index in [0.29, 0.717) is 5.01 Å². The molecule has 0 aliphatic carbocycles. The van der Waals surface area contributed by atoms with Crippen LogP contribution in [-0.2, 0) is 0 Å². The van der Waals surface area contributed by atoms with Crippen LogP contribution in [0.1, 0.15) is 20.2 Å². The molecule has 17 heavy (non-hydrogen) atoms. The second-order valence-corrected chi connectivity index (χ2v) is 5.23. The summed E-state index contributed by atoms with van der Waals surface area (Å²) < 4.78 is 1.03. The first-order valence-electron chi connectivity index (χ1n) is 4.78.